The van der Waals surface area contributed by atoms with Crippen molar-refractivity contribution in [3.63, 3.8) is 0 Å². The molecule has 1 fully saturated rings. The molecule has 0 saturated carbocycles. The zero-order chi connectivity index (χ0) is 37.8. The molecule has 52 heavy (non-hydrogen) atoms. The molecule has 1 aliphatic rings. The second-order valence-electron chi connectivity index (χ2n) is 10.4. The van der Waals surface area contributed by atoms with E-state index in [1.165, 1.54) is 24.1 Å². The van der Waals surface area contributed by atoms with Crippen LogP contribution in [0.15, 0.2) is 11.1 Å². The molecule has 4 unspecified atom stereocenters. The van der Waals surface area contributed by atoms with Gasteiger partial charge < -0.3 is 74.5 Å². The summed E-state index contributed by atoms with van der Waals surface area (Å²) in [6.45, 7) is 2.12. The first-order valence-corrected chi connectivity index (χ1v) is 16.8. The van der Waals surface area contributed by atoms with Crippen LogP contribution in [0, 0.1) is 13.4 Å². The number of aromatic amines is 1. The summed E-state index contributed by atoms with van der Waals surface area (Å²) in [5.41, 5.74) is 4.99. The maximum absolute atomic E-state index is 12.2. The number of aromatic nitrogens is 4. The van der Waals surface area contributed by atoms with E-state index in [1.54, 1.807) is 0 Å². The fraction of sp³-hybridized carbons (Fsp3) is 0.667. The van der Waals surface area contributed by atoms with E-state index in [4.69, 9.17) is 58.9 Å². The molecule has 0 bridgehead atoms. The van der Waals surface area contributed by atoms with Gasteiger partial charge in [0, 0.05) is 25.7 Å². The van der Waals surface area contributed by atoms with Crippen molar-refractivity contribution >= 4 is 37.1 Å². The van der Waals surface area contributed by atoms with Crippen LogP contribution < -0.4 is 46.2 Å². The van der Waals surface area contributed by atoms with Gasteiger partial charge in [0.1, 0.15) is 25.1 Å². The van der Waals surface area contributed by atoms with E-state index in [1.807, 2.05) is 0 Å². The number of rotatable bonds is 24. The number of unbranched alkanes of at least 4 members (excludes halogenated alkanes) is 1. The van der Waals surface area contributed by atoms with E-state index in [-0.39, 0.29) is 98.8 Å². The number of H-pyrrole nitrogens is 1. The van der Waals surface area contributed by atoms with Crippen LogP contribution in [-0.2, 0) is 47.1 Å². The molecule has 1 amide bonds. The Morgan fingerprint density at radius 2 is 1.96 bits per heavy atom. The number of nitrogens with zero attached hydrogens (tertiary/aromatic N) is 3. The molecule has 25 heteroatoms. The van der Waals surface area contributed by atoms with Gasteiger partial charge in [-0.15, -0.1) is 0 Å². The van der Waals surface area contributed by atoms with E-state index in [0.717, 1.165) is 6.79 Å². The normalized spacial score (nSPS) is 19.8. The number of carbonyl (C=O) groups is 1. The standard InChI is InChI=1S/C25H41N6O16P.C2H3O.Na/c26-25-29-22-19(23(37)30-25)28-12-31(22)24-21(20(36)17(47-24)11-46-48(38,39)40)45-14-43-8-7-41-6-4-27-18(35)3-1-2-5-42-13-44-16(10-33)15(34)9-32;1-2-3;/h9,12-13,15-17,20-21,24,32-34,36H,1-8,10-11,14H2,(H,27,35)(H2,38,39,40)(H3,26,29,30,37);1H3;/q-2;-1;+1/t15?,16?,17?,20-,21-,24?;;/m1../s1. The van der Waals surface area contributed by atoms with Crippen molar-refractivity contribution in [1.82, 2.24) is 24.8 Å². The number of aliphatic hydroxyl groups is 4. The van der Waals surface area contributed by atoms with Crippen molar-refractivity contribution in [2.24, 2.45) is 0 Å². The molecule has 1 saturated heterocycles. The Morgan fingerprint density at radius 1 is 1.25 bits per heavy atom. The van der Waals surface area contributed by atoms with Gasteiger partial charge in [-0.1, -0.05) is 6.79 Å². The summed E-state index contributed by atoms with van der Waals surface area (Å²) in [6, 6.07) is 0. The third kappa shape index (κ3) is 17.0. The minimum atomic E-state index is -4.88. The summed E-state index contributed by atoms with van der Waals surface area (Å²) in [5, 5.41) is 40.6. The van der Waals surface area contributed by atoms with Crippen molar-refractivity contribution in [2.45, 2.75) is 62.9 Å². The molecule has 0 radical (unpaired) electrons. The molecule has 2 aromatic heterocycles. The molecule has 23 nitrogen and oxygen atoms in total. The van der Waals surface area contributed by atoms with Crippen molar-refractivity contribution in [3.8, 4) is 0 Å². The number of hydrogen-bond acceptors (Lipinski definition) is 18. The number of phosphoric acid groups is 1. The molecule has 2 aromatic rings. The van der Waals surface area contributed by atoms with Gasteiger partial charge in [0.2, 0.25) is 11.9 Å². The largest absolute Gasteiger partial charge is 1.00 e. The van der Waals surface area contributed by atoms with Gasteiger partial charge in [-0.25, -0.2) is 9.55 Å². The Balaban J connectivity index is 0.00000326. The maximum Gasteiger partial charge on any atom is 1.00 e. The summed E-state index contributed by atoms with van der Waals surface area (Å²) < 4.78 is 49.3. The molecule has 1 aliphatic heterocycles. The zero-order valence-corrected chi connectivity index (χ0v) is 31.4. The zero-order valence-electron chi connectivity index (χ0n) is 28.5. The van der Waals surface area contributed by atoms with E-state index in [9.17, 15) is 24.4 Å². The first-order valence-electron chi connectivity index (χ1n) is 15.3. The summed E-state index contributed by atoms with van der Waals surface area (Å²) in [5.74, 6) is -0.386. The number of aliphatic hydroxyl groups excluding tert-OH is 4. The monoisotopic (exact) mass is 778 g/mol. The van der Waals surface area contributed by atoms with Crippen molar-refractivity contribution < 1.29 is 107 Å². The Hall–Kier alpha value is -2.00. The average molecular weight is 779 g/mol. The molecular weight excluding hydrogens is 734 g/mol. The minimum Gasteiger partial charge on any atom is -0.563 e. The van der Waals surface area contributed by atoms with Gasteiger partial charge in [-0.2, -0.15) is 18.5 Å². The van der Waals surface area contributed by atoms with Crippen LogP contribution in [0.2, 0.25) is 0 Å². The van der Waals surface area contributed by atoms with E-state index in [0.29, 0.717) is 19.4 Å². The minimum absolute atomic E-state index is 0. The van der Waals surface area contributed by atoms with Crippen molar-refractivity contribution in [1.29, 1.82) is 0 Å². The number of amides is 1. The Labute approximate surface area is 319 Å². The van der Waals surface area contributed by atoms with Gasteiger partial charge in [0.25, 0.3) is 5.56 Å². The van der Waals surface area contributed by atoms with Gasteiger partial charge in [0.05, 0.1) is 39.4 Å². The third-order valence-electron chi connectivity index (χ3n) is 6.66. The number of nitrogens with one attached hydrogen (secondary N) is 2. The fourth-order valence-electron chi connectivity index (χ4n) is 4.27. The number of hydrogen-bond donors (Lipinski definition) is 9. The molecule has 3 heterocycles. The Morgan fingerprint density at radius 3 is 2.63 bits per heavy atom. The SMILES string of the molecule is C[C-]=O.Nc1nc2c(ncn2C2OC(COP(=O)(O)O)[C@@H](O)[C@H]2OCOCCOCCNC(=O)CCCCO[CH-]OC(CO)C(O)[CH-]O)c(=O)[nH]1.[Na+]. The molecule has 0 aliphatic carbocycles. The predicted octanol–water partition coefficient (Wildman–Crippen LogP) is -5.74. The van der Waals surface area contributed by atoms with Crippen molar-refractivity contribution in [2.75, 3.05) is 58.7 Å². The van der Waals surface area contributed by atoms with E-state index < -0.39 is 63.3 Å². The second kappa shape index (κ2) is 25.9. The van der Waals surface area contributed by atoms with Gasteiger partial charge in [0.15, 0.2) is 17.4 Å². The number of ether oxygens (including phenoxy) is 6. The third-order valence-corrected chi connectivity index (χ3v) is 7.14. The first kappa shape index (κ1) is 48.0. The number of carbonyl (C=O) groups excluding carboxylic acids is 2. The molecule has 0 spiro atoms. The molecule has 3 rings (SSSR count). The molecule has 10 N–H and O–H groups in total. The van der Waals surface area contributed by atoms with Crippen LogP contribution in [0.25, 0.3) is 11.2 Å². The van der Waals surface area contributed by atoms with Gasteiger partial charge in [-0.05, 0) is 18.9 Å². The first-order chi connectivity index (χ1) is 24.4. The van der Waals surface area contributed by atoms with Crippen LogP contribution in [0.3, 0.4) is 0 Å². The quantitative estimate of drug-likeness (QED) is 0.0158. The summed E-state index contributed by atoms with van der Waals surface area (Å²) in [7, 11) is -4.88. The molecule has 6 atom stereocenters. The summed E-state index contributed by atoms with van der Waals surface area (Å²) >= 11 is 0. The number of fused-ring (bicyclic) bond motifs is 1. The van der Waals surface area contributed by atoms with E-state index in [2.05, 4.69) is 24.8 Å². The number of anilines is 1. The van der Waals surface area contributed by atoms with E-state index >= 15 is 0 Å². The van der Waals surface area contributed by atoms with Crippen LogP contribution >= 0.6 is 7.82 Å². The van der Waals surface area contributed by atoms with Gasteiger partial charge in [-0.3, -0.25) is 30.0 Å². The van der Waals surface area contributed by atoms with Crippen LogP contribution in [0.1, 0.15) is 32.4 Å². The summed E-state index contributed by atoms with van der Waals surface area (Å²) in [6.07, 6.45) is -3.41. The Kier molecular flexibility index (Phi) is 23.9. The smallest absolute Gasteiger partial charge is 0.563 e. The topological polar surface area (TPSA) is 339 Å². The molecule has 0 aromatic carbocycles. The number of imidazole rings is 1. The average Bonchev–Trinajstić information content (AvgIpc) is 3.64. The van der Waals surface area contributed by atoms with Crippen LogP contribution in [0.4, 0.5) is 5.95 Å². The Bertz CT molecular complexity index is 1420. The number of nitrogen functional groups attached to an aromatic ring is 1. The fourth-order valence-corrected chi connectivity index (χ4v) is 4.61. The van der Waals surface area contributed by atoms with Crippen LogP contribution in [0.5, 0.6) is 0 Å². The molecule has 292 valence electrons. The van der Waals surface area contributed by atoms with Crippen molar-refractivity contribution in [3.05, 3.63) is 30.1 Å². The van der Waals surface area contributed by atoms with Gasteiger partial charge >= 0.3 is 37.4 Å². The summed E-state index contributed by atoms with van der Waals surface area (Å²) in [4.78, 5) is 61.3. The number of phosphoric ester groups is 1. The molecular formula is C27H44N6NaO17P-2. The maximum atomic E-state index is 12.2. The number of nitrogens with two attached hydrogens (primary N) is 1. The predicted molar refractivity (Wildman–Crippen MR) is 170 cm³/mol. The van der Waals surface area contributed by atoms with Crippen LogP contribution in [-0.4, -0.2) is 145 Å². The second-order valence-corrected chi connectivity index (χ2v) is 11.6.